The topological polar surface area (TPSA) is 101 Å². The summed E-state index contributed by atoms with van der Waals surface area (Å²) in [5, 5.41) is 8.85. The van der Waals surface area contributed by atoms with Crippen LogP contribution in [0, 0.1) is 0 Å². The number of aromatic carboxylic acids is 1. The van der Waals surface area contributed by atoms with Gasteiger partial charge in [0.15, 0.2) is 0 Å². The molecule has 8 heteroatoms. The van der Waals surface area contributed by atoms with Crippen molar-refractivity contribution in [3.63, 3.8) is 0 Å². The Balaban J connectivity index is 2.15. The summed E-state index contributed by atoms with van der Waals surface area (Å²) in [6.07, 6.45) is 1.19. The highest BCUT2D eigenvalue weighted by atomic mass is 35.5. The second-order valence-corrected chi connectivity index (χ2v) is 7.16. The van der Waals surface area contributed by atoms with Gasteiger partial charge in [0.25, 0.3) is 10.0 Å². The molecule has 1 aliphatic carbocycles. The van der Waals surface area contributed by atoms with Crippen molar-refractivity contribution in [3.8, 4) is 0 Å². The van der Waals surface area contributed by atoms with Gasteiger partial charge in [-0.3, -0.25) is 4.79 Å². The lowest BCUT2D eigenvalue weighted by atomic mass is 9.94. The molecule has 0 heterocycles. The van der Waals surface area contributed by atoms with Gasteiger partial charge < -0.3 is 5.11 Å². The third-order valence-corrected chi connectivity index (χ3v) is 5.09. The minimum atomic E-state index is -4.19. The van der Waals surface area contributed by atoms with Crippen LogP contribution in [0.3, 0.4) is 0 Å². The fraction of sp³-hybridized carbons (Fsp3) is 0. The summed E-state index contributed by atoms with van der Waals surface area (Å²) in [5.41, 5.74) is 0.438. The van der Waals surface area contributed by atoms with E-state index in [0.29, 0.717) is 5.56 Å². The Morgan fingerprint density at radius 3 is 2.40 bits per heavy atom. The summed E-state index contributed by atoms with van der Waals surface area (Å²) in [6, 6.07) is 11.2. The molecule has 0 saturated heterocycles. The maximum Gasteiger partial charge on any atom is 0.335 e. The minimum Gasteiger partial charge on any atom is -0.478 e. The van der Waals surface area contributed by atoms with E-state index >= 15 is 0 Å². The Morgan fingerprint density at radius 2 is 1.72 bits per heavy atom. The van der Waals surface area contributed by atoms with Crippen molar-refractivity contribution in [1.29, 1.82) is 0 Å². The van der Waals surface area contributed by atoms with Gasteiger partial charge in [0.2, 0.25) is 5.78 Å². The Hall–Kier alpha value is -2.77. The van der Waals surface area contributed by atoms with Gasteiger partial charge in [-0.2, -0.15) is 12.8 Å². The average Bonchev–Trinajstić information content (AvgIpc) is 2.59. The lowest BCUT2D eigenvalue weighted by Crippen LogP contribution is -2.16. The summed E-state index contributed by atoms with van der Waals surface area (Å²) < 4.78 is 28.8. The third kappa shape index (κ3) is 3.24. The van der Waals surface area contributed by atoms with Crippen molar-refractivity contribution < 1.29 is 23.1 Å². The number of hydrogen-bond acceptors (Lipinski definition) is 4. The van der Waals surface area contributed by atoms with Gasteiger partial charge in [-0.25, -0.2) is 4.79 Å². The number of sulfonamides is 1. The molecule has 0 fully saturated rings. The van der Waals surface area contributed by atoms with Gasteiger partial charge in [0.05, 0.1) is 21.2 Å². The molecule has 1 N–H and O–H groups in total. The molecule has 2 aromatic rings. The first-order valence-electron chi connectivity index (χ1n) is 6.99. The summed E-state index contributed by atoms with van der Waals surface area (Å²) >= 11 is 5.89. The Kier molecular flexibility index (Phi) is 4.28. The number of carboxylic acids is 1. The number of allylic oxidation sites excluding steroid dienone is 2. The van der Waals surface area contributed by atoms with Crippen LogP contribution in [0.25, 0.3) is 0 Å². The molecular formula is C17H10ClNO5S. The molecule has 126 valence electrons. The molecule has 0 amide bonds. The number of fused-ring (bicyclic) bond motifs is 1. The van der Waals surface area contributed by atoms with Crippen LogP contribution in [0.2, 0.25) is 0 Å². The summed E-state index contributed by atoms with van der Waals surface area (Å²) in [7, 11) is -4.19. The molecular weight excluding hydrogens is 366 g/mol. The lowest BCUT2D eigenvalue weighted by Gasteiger charge is -2.14. The zero-order valence-electron chi connectivity index (χ0n) is 12.5. The van der Waals surface area contributed by atoms with Gasteiger partial charge in [-0.05, 0) is 24.3 Å². The molecule has 0 saturated carbocycles. The minimum absolute atomic E-state index is 0.0147. The number of carboxylic acid groups (broad SMARTS) is 1. The average molecular weight is 376 g/mol. The summed E-state index contributed by atoms with van der Waals surface area (Å²) in [6.45, 7) is 0. The van der Waals surface area contributed by atoms with Crippen molar-refractivity contribution in [3.05, 3.63) is 76.3 Å². The molecule has 0 radical (unpaired) electrons. The van der Waals surface area contributed by atoms with E-state index in [2.05, 4.69) is 4.40 Å². The Bertz CT molecular complexity index is 1070. The van der Waals surface area contributed by atoms with Gasteiger partial charge in [0, 0.05) is 11.1 Å². The van der Waals surface area contributed by atoms with Gasteiger partial charge in [0.1, 0.15) is 0 Å². The van der Waals surface area contributed by atoms with Gasteiger partial charge in [-0.1, -0.05) is 41.9 Å². The lowest BCUT2D eigenvalue weighted by molar-refractivity contribution is 0.0696. The van der Waals surface area contributed by atoms with Gasteiger partial charge >= 0.3 is 5.97 Å². The number of halogens is 1. The van der Waals surface area contributed by atoms with E-state index in [9.17, 15) is 18.0 Å². The normalized spacial score (nSPS) is 15.6. The van der Waals surface area contributed by atoms with Crippen molar-refractivity contribution in [1.82, 2.24) is 0 Å². The van der Waals surface area contributed by atoms with Crippen molar-refractivity contribution in [2.45, 2.75) is 4.90 Å². The first-order valence-corrected chi connectivity index (χ1v) is 8.81. The SMILES string of the molecule is O=C(O)c1cccc(S(=O)(=O)N=C2C=C(Cl)C(=O)c3ccccc32)c1. The number of Topliss-reactive ketones (excluding diaryl/α,β-unsaturated/α-hetero) is 1. The monoisotopic (exact) mass is 375 g/mol. The molecule has 25 heavy (non-hydrogen) atoms. The molecule has 0 atom stereocenters. The predicted octanol–water partition coefficient (Wildman–Crippen LogP) is 2.88. The summed E-state index contributed by atoms with van der Waals surface area (Å²) in [4.78, 5) is 22.8. The fourth-order valence-electron chi connectivity index (χ4n) is 2.34. The van der Waals surface area contributed by atoms with Crippen LogP contribution in [-0.4, -0.2) is 31.0 Å². The zero-order chi connectivity index (χ0) is 18.2. The van der Waals surface area contributed by atoms with Crippen LogP contribution in [0.5, 0.6) is 0 Å². The smallest absolute Gasteiger partial charge is 0.335 e. The van der Waals surface area contributed by atoms with Crippen molar-refractivity contribution in [2.75, 3.05) is 0 Å². The second-order valence-electron chi connectivity index (χ2n) is 5.15. The van der Waals surface area contributed by atoms with Crippen LogP contribution in [-0.2, 0) is 10.0 Å². The maximum absolute atomic E-state index is 12.5. The molecule has 1 aliphatic rings. The second kappa shape index (κ2) is 6.27. The van der Waals surface area contributed by atoms with Crippen LogP contribution in [0.1, 0.15) is 26.3 Å². The van der Waals surface area contributed by atoms with E-state index < -0.39 is 21.8 Å². The first-order chi connectivity index (χ1) is 11.8. The maximum atomic E-state index is 12.5. The Morgan fingerprint density at radius 1 is 1.04 bits per heavy atom. The Labute approximate surface area is 148 Å². The highest BCUT2D eigenvalue weighted by molar-refractivity contribution is 7.90. The molecule has 0 bridgehead atoms. The van der Waals surface area contributed by atoms with Crippen LogP contribution in [0.15, 0.2) is 68.9 Å². The van der Waals surface area contributed by atoms with E-state index in [1.165, 1.54) is 30.3 Å². The number of nitrogens with zero attached hydrogens (tertiary/aromatic N) is 1. The fourth-order valence-corrected chi connectivity index (χ4v) is 3.59. The molecule has 0 aromatic heterocycles. The van der Waals surface area contributed by atoms with E-state index in [-0.39, 0.29) is 26.8 Å². The summed E-state index contributed by atoms with van der Waals surface area (Å²) in [5.74, 6) is -1.66. The van der Waals surface area contributed by atoms with E-state index in [0.717, 1.165) is 6.07 Å². The zero-order valence-corrected chi connectivity index (χ0v) is 14.1. The van der Waals surface area contributed by atoms with E-state index in [1.807, 2.05) is 0 Å². The molecule has 2 aromatic carbocycles. The van der Waals surface area contributed by atoms with Crippen LogP contribution >= 0.6 is 11.6 Å². The number of ketones is 1. The molecule has 3 rings (SSSR count). The number of carbonyl (C=O) groups is 2. The van der Waals surface area contributed by atoms with E-state index in [1.54, 1.807) is 18.2 Å². The molecule has 6 nitrogen and oxygen atoms in total. The van der Waals surface area contributed by atoms with Crippen LogP contribution < -0.4 is 0 Å². The highest BCUT2D eigenvalue weighted by Gasteiger charge is 2.25. The highest BCUT2D eigenvalue weighted by Crippen LogP contribution is 2.25. The number of hydrogen-bond donors (Lipinski definition) is 1. The van der Waals surface area contributed by atoms with Gasteiger partial charge in [-0.15, -0.1) is 0 Å². The molecule has 0 spiro atoms. The number of carbonyl (C=O) groups excluding carboxylic acids is 1. The van der Waals surface area contributed by atoms with E-state index in [4.69, 9.17) is 16.7 Å². The predicted molar refractivity (Wildman–Crippen MR) is 91.8 cm³/mol. The molecule has 0 unspecified atom stereocenters. The largest absolute Gasteiger partial charge is 0.478 e. The third-order valence-electron chi connectivity index (χ3n) is 3.53. The number of rotatable bonds is 3. The van der Waals surface area contributed by atoms with Crippen molar-refractivity contribution >= 4 is 39.1 Å². The standard InChI is InChI=1S/C17H10ClNO5S/c18-14-9-15(12-6-1-2-7-13(12)16(14)20)19-25(23,24)11-5-3-4-10(8-11)17(21)22/h1-9H,(H,21,22). The quantitative estimate of drug-likeness (QED) is 0.888. The van der Waals surface area contributed by atoms with Crippen LogP contribution in [0.4, 0.5) is 0 Å². The first kappa shape index (κ1) is 17.1. The van der Waals surface area contributed by atoms with Crippen molar-refractivity contribution in [2.24, 2.45) is 4.40 Å². The number of benzene rings is 2. The molecule has 0 aliphatic heterocycles.